The molecule has 0 spiro atoms. The van der Waals surface area contributed by atoms with Crippen LogP contribution in [0.5, 0.6) is 0 Å². The topological polar surface area (TPSA) is 43.1 Å². The molecular formula is C8H7NO2. The summed E-state index contributed by atoms with van der Waals surface area (Å²) in [7, 11) is 0. The van der Waals surface area contributed by atoms with E-state index in [1.165, 1.54) is 6.08 Å². The Labute approximate surface area is 63.7 Å². The number of ketones is 1. The molecule has 0 aromatic carbocycles. The number of aromatic nitrogens is 1. The van der Waals surface area contributed by atoms with Crippen molar-refractivity contribution < 1.29 is 9.21 Å². The number of oxazole rings is 1. The van der Waals surface area contributed by atoms with E-state index in [0.29, 0.717) is 12.3 Å². The lowest BCUT2D eigenvalue weighted by atomic mass is 10.1. The van der Waals surface area contributed by atoms with E-state index in [4.69, 9.17) is 4.42 Å². The van der Waals surface area contributed by atoms with E-state index in [1.54, 1.807) is 13.0 Å². The third-order valence-corrected chi connectivity index (χ3v) is 1.60. The van der Waals surface area contributed by atoms with Crippen molar-refractivity contribution in [2.24, 2.45) is 0 Å². The van der Waals surface area contributed by atoms with Crippen molar-refractivity contribution in [2.45, 2.75) is 13.3 Å². The second kappa shape index (κ2) is 2.05. The Morgan fingerprint density at radius 2 is 2.36 bits per heavy atom. The van der Waals surface area contributed by atoms with Crippen molar-refractivity contribution >= 4 is 11.9 Å². The first kappa shape index (κ1) is 6.34. The highest BCUT2D eigenvalue weighted by Gasteiger charge is 2.15. The van der Waals surface area contributed by atoms with Gasteiger partial charge in [0.1, 0.15) is 0 Å². The first-order chi connectivity index (χ1) is 5.25. The minimum atomic E-state index is 0.0887. The van der Waals surface area contributed by atoms with E-state index in [-0.39, 0.29) is 5.78 Å². The highest BCUT2D eigenvalue weighted by Crippen LogP contribution is 2.17. The van der Waals surface area contributed by atoms with Gasteiger partial charge in [-0.25, -0.2) is 4.98 Å². The van der Waals surface area contributed by atoms with Crippen molar-refractivity contribution in [1.29, 1.82) is 0 Å². The average molecular weight is 149 g/mol. The number of carbonyl (C=O) groups is 1. The molecule has 0 atom stereocenters. The summed E-state index contributed by atoms with van der Waals surface area (Å²) >= 11 is 0. The molecule has 0 unspecified atom stereocenters. The van der Waals surface area contributed by atoms with Gasteiger partial charge in [-0.3, -0.25) is 4.79 Å². The Balaban J connectivity index is 2.52. The zero-order valence-corrected chi connectivity index (χ0v) is 6.13. The molecule has 3 heteroatoms. The molecule has 0 saturated heterocycles. The van der Waals surface area contributed by atoms with Crippen LogP contribution in [0, 0.1) is 6.92 Å². The highest BCUT2D eigenvalue weighted by molar-refractivity contribution is 5.97. The molecule has 1 aromatic rings. The van der Waals surface area contributed by atoms with E-state index < -0.39 is 0 Å². The fourth-order valence-corrected chi connectivity index (χ4v) is 1.14. The van der Waals surface area contributed by atoms with Crippen LogP contribution < -0.4 is 0 Å². The van der Waals surface area contributed by atoms with Crippen LogP contribution in [0.25, 0.3) is 6.08 Å². The molecule has 0 amide bonds. The fourth-order valence-electron chi connectivity index (χ4n) is 1.14. The quantitative estimate of drug-likeness (QED) is 0.555. The minimum absolute atomic E-state index is 0.0887. The van der Waals surface area contributed by atoms with Crippen molar-refractivity contribution in [3.8, 4) is 0 Å². The maximum atomic E-state index is 10.9. The second-order valence-corrected chi connectivity index (χ2v) is 2.52. The van der Waals surface area contributed by atoms with Gasteiger partial charge in [-0.2, -0.15) is 0 Å². The fraction of sp³-hybridized carbons (Fsp3) is 0.250. The SMILES string of the molecule is Cc1nc2c(o1)C=CC(=O)C2. The van der Waals surface area contributed by atoms with Crippen LogP contribution in [0.3, 0.4) is 0 Å². The van der Waals surface area contributed by atoms with Crippen molar-refractivity contribution in [1.82, 2.24) is 4.98 Å². The molecule has 1 aromatic heterocycles. The van der Waals surface area contributed by atoms with Crippen LogP contribution >= 0.6 is 0 Å². The normalized spacial score (nSPS) is 15.2. The van der Waals surface area contributed by atoms with Gasteiger partial charge >= 0.3 is 0 Å². The molecule has 3 nitrogen and oxygen atoms in total. The zero-order chi connectivity index (χ0) is 7.84. The lowest BCUT2D eigenvalue weighted by Gasteiger charge is -1.97. The molecule has 0 aliphatic heterocycles. The molecule has 1 aliphatic rings. The Kier molecular flexibility index (Phi) is 1.18. The smallest absolute Gasteiger partial charge is 0.192 e. The van der Waals surface area contributed by atoms with Crippen LogP contribution in [-0.4, -0.2) is 10.8 Å². The number of fused-ring (bicyclic) bond motifs is 1. The molecule has 2 rings (SSSR count). The lowest BCUT2D eigenvalue weighted by Crippen LogP contribution is -2.03. The maximum Gasteiger partial charge on any atom is 0.192 e. The molecule has 1 heterocycles. The number of hydrogen-bond acceptors (Lipinski definition) is 3. The number of aryl methyl sites for hydroxylation is 1. The third-order valence-electron chi connectivity index (χ3n) is 1.60. The van der Waals surface area contributed by atoms with Gasteiger partial charge in [-0.05, 0) is 12.2 Å². The van der Waals surface area contributed by atoms with Gasteiger partial charge < -0.3 is 4.42 Å². The van der Waals surface area contributed by atoms with Crippen molar-refractivity contribution in [2.75, 3.05) is 0 Å². The van der Waals surface area contributed by atoms with Gasteiger partial charge in [-0.1, -0.05) is 0 Å². The Morgan fingerprint density at radius 1 is 1.55 bits per heavy atom. The van der Waals surface area contributed by atoms with Gasteiger partial charge in [0, 0.05) is 6.92 Å². The number of carbonyl (C=O) groups excluding carboxylic acids is 1. The van der Waals surface area contributed by atoms with Gasteiger partial charge in [0.25, 0.3) is 0 Å². The summed E-state index contributed by atoms with van der Waals surface area (Å²) in [6, 6.07) is 0. The molecule has 1 aliphatic carbocycles. The summed E-state index contributed by atoms with van der Waals surface area (Å²) < 4.78 is 5.20. The number of allylic oxidation sites excluding steroid dienone is 1. The maximum absolute atomic E-state index is 10.9. The summed E-state index contributed by atoms with van der Waals surface area (Å²) in [6.45, 7) is 1.77. The number of nitrogens with zero attached hydrogens (tertiary/aromatic N) is 1. The van der Waals surface area contributed by atoms with Gasteiger partial charge in [-0.15, -0.1) is 0 Å². The lowest BCUT2D eigenvalue weighted by molar-refractivity contribution is -0.114. The number of hydrogen-bond donors (Lipinski definition) is 0. The summed E-state index contributed by atoms with van der Waals surface area (Å²) in [6.07, 6.45) is 3.57. The monoisotopic (exact) mass is 149 g/mol. The zero-order valence-electron chi connectivity index (χ0n) is 6.13. The second-order valence-electron chi connectivity index (χ2n) is 2.52. The molecular weight excluding hydrogens is 142 g/mol. The Morgan fingerprint density at radius 3 is 3.18 bits per heavy atom. The van der Waals surface area contributed by atoms with Crippen molar-refractivity contribution in [3.63, 3.8) is 0 Å². The van der Waals surface area contributed by atoms with Gasteiger partial charge in [0.05, 0.1) is 12.1 Å². The first-order valence-corrected chi connectivity index (χ1v) is 3.43. The van der Waals surface area contributed by atoms with E-state index >= 15 is 0 Å². The van der Waals surface area contributed by atoms with Crippen LogP contribution in [0.2, 0.25) is 0 Å². The first-order valence-electron chi connectivity index (χ1n) is 3.43. The summed E-state index contributed by atoms with van der Waals surface area (Å²) in [5.41, 5.74) is 0.759. The molecule has 0 saturated carbocycles. The van der Waals surface area contributed by atoms with E-state index in [1.807, 2.05) is 0 Å². The van der Waals surface area contributed by atoms with Gasteiger partial charge in [0.2, 0.25) is 0 Å². The Hall–Kier alpha value is -1.38. The van der Waals surface area contributed by atoms with E-state index in [2.05, 4.69) is 4.98 Å². The Bertz CT molecular complexity index is 336. The molecule has 56 valence electrons. The third kappa shape index (κ3) is 0.981. The van der Waals surface area contributed by atoms with Crippen LogP contribution in [-0.2, 0) is 11.2 Å². The highest BCUT2D eigenvalue weighted by atomic mass is 16.4. The van der Waals surface area contributed by atoms with E-state index in [9.17, 15) is 4.79 Å². The molecule has 0 radical (unpaired) electrons. The van der Waals surface area contributed by atoms with Crippen LogP contribution in [0.4, 0.5) is 0 Å². The predicted octanol–water partition coefficient (Wildman–Crippen LogP) is 1.12. The largest absolute Gasteiger partial charge is 0.441 e. The molecule has 0 N–H and O–H groups in total. The average Bonchev–Trinajstić information content (AvgIpc) is 2.27. The summed E-state index contributed by atoms with van der Waals surface area (Å²) in [5, 5.41) is 0. The van der Waals surface area contributed by atoms with E-state index in [0.717, 1.165) is 11.5 Å². The van der Waals surface area contributed by atoms with Crippen molar-refractivity contribution in [3.05, 3.63) is 23.4 Å². The standard InChI is InChI=1S/C8H7NO2/c1-5-9-7-4-6(10)2-3-8(7)11-5/h2-3H,4H2,1H3. The summed E-state index contributed by atoms with van der Waals surface area (Å²) in [5.74, 6) is 1.43. The van der Waals surface area contributed by atoms with Crippen LogP contribution in [0.1, 0.15) is 17.3 Å². The molecule has 11 heavy (non-hydrogen) atoms. The minimum Gasteiger partial charge on any atom is -0.441 e. The molecule has 0 bridgehead atoms. The van der Waals surface area contributed by atoms with Gasteiger partial charge in [0.15, 0.2) is 17.4 Å². The van der Waals surface area contributed by atoms with Crippen LogP contribution in [0.15, 0.2) is 10.5 Å². The number of rotatable bonds is 0. The molecule has 0 fully saturated rings. The predicted molar refractivity (Wildman–Crippen MR) is 39.0 cm³/mol. The summed E-state index contributed by atoms with van der Waals surface area (Å²) in [4.78, 5) is 14.9.